The summed E-state index contributed by atoms with van der Waals surface area (Å²) in [5.41, 5.74) is 5.23. The van der Waals surface area contributed by atoms with Crippen LogP contribution in [0.25, 0.3) is 0 Å². The van der Waals surface area contributed by atoms with Gasteiger partial charge in [-0.1, -0.05) is 39.7 Å². The van der Waals surface area contributed by atoms with E-state index in [9.17, 15) is 5.11 Å². The van der Waals surface area contributed by atoms with Crippen molar-refractivity contribution in [1.29, 1.82) is 0 Å². The molecule has 0 fully saturated rings. The minimum Gasteiger partial charge on any atom is -0.508 e. The highest BCUT2D eigenvalue weighted by Crippen LogP contribution is 2.31. The maximum absolute atomic E-state index is 9.69. The summed E-state index contributed by atoms with van der Waals surface area (Å²) in [5.74, 6) is 0.243. The second-order valence-corrected chi connectivity index (χ2v) is 8.41. The molecule has 142 valence electrons. The summed E-state index contributed by atoms with van der Waals surface area (Å²) in [6.45, 7) is 0.808. The lowest BCUT2D eigenvalue weighted by Gasteiger charge is -2.22. The van der Waals surface area contributed by atoms with Crippen LogP contribution in [0.4, 0.5) is 5.69 Å². The molecule has 0 saturated carbocycles. The fourth-order valence-electron chi connectivity index (χ4n) is 3.63. The second kappa shape index (κ2) is 7.98. The van der Waals surface area contributed by atoms with Crippen LogP contribution in [0.2, 0.25) is 5.02 Å². The van der Waals surface area contributed by atoms with E-state index in [0.717, 1.165) is 40.0 Å². The molecule has 1 unspecified atom stereocenters. The fraction of sp³-hybridized carbons (Fsp3) is 0.174. The highest BCUT2D eigenvalue weighted by atomic mass is 79.9. The maximum atomic E-state index is 9.69. The van der Waals surface area contributed by atoms with Crippen LogP contribution >= 0.6 is 27.5 Å². The van der Waals surface area contributed by atoms with Crippen LogP contribution in [0.1, 0.15) is 16.7 Å². The molecule has 28 heavy (non-hydrogen) atoms. The Morgan fingerprint density at radius 1 is 1.11 bits per heavy atom. The van der Waals surface area contributed by atoms with E-state index < -0.39 is 0 Å². The number of likely N-dealkylation sites (N-methyl/N-ethyl adjacent to an activating group) is 1. The summed E-state index contributed by atoms with van der Waals surface area (Å²) in [7, 11) is 2.09. The smallest absolute Gasteiger partial charge is 0.115 e. The molecule has 0 amide bonds. The third kappa shape index (κ3) is 4.08. The summed E-state index contributed by atoms with van der Waals surface area (Å²) in [5, 5.41) is 10.4. The largest absolute Gasteiger partial charge is 0.508 e. The highest BCUT2D eigenvalue weighted by molar-refractivity contribution is 9.10. The molecular weight excluding hydrogens is 436 g/mol. The minimum absolute atomic E-state index is 0.0919. The van der Waals surface area contributed by atoms with Gasteiger partial charge in [0, 0.05) is 39.9 Å². The SMILES string of the molecule is CN1CC(Cc2cccc(Br)c2)N=C(c2ccc(O)cc2)c2cc(Cl)ccc21. The van der Waals surface area contributed by atoms with Crippen LogP contribution in [0, 0.1) is 0 Å². The molecule has 1 aliphatic heterocycles. The van der Waals surface area contributed by atoms with E-state index in [1.807, 2.05) is 30.3 Å². The summed E-state index contributed by atoms with van der Waals surface area (Å²) in [4.78, 5) is 7.39. The lowest BCUT2D eigenvalue weighted by Crippen LogP contribution is -2.28. The molecule has 4 rings (SSSR count). The number of benzodiazepines with no additional fused rings is 1. The van der Waals surface area contributed by atoms with Gasteiger partial charge in [0.2, 0.25) is 0 Å². The summed E-state index contributed by atoms with van der Waals surface area (Å²) in [6.07, 6.45) is 0.840. The number of hydrogen-bond donors (Lipinski definition) is 1. The number of phenolic OH excluding ortho intramolecular Hbond substituents is 1. The molecule has 3 nitrogen and oxygen atoms in total. The molecule has 0 spiro atoms. The van der Waals surface area contributed by atoms with Gasteiger partial charge in [0.15, 0.2) is 0 Å². The first-order valence-electron chi connectivity index (χ1n) is 9.12. The van der Waals surface area contributed by atoms with E-state index >= 15 is 0 Å². The van der Waals surface area contributed by atoms with E-state index in [1.165, 1.54) is 5.56 Å². The molecule has 1 atom stereocenters. The van der Waals surface area contributed by atoms with Crippen molar-refractivity contribution in [2.75, 3.05) is 18.5 Å². The number of aromatic hydroxyl groups is 1. The Kier molecular flexibility index (Phi) is 5.42. The van der Waals surface area contributed by atoms with E-state index in [2.05, 4.69) is 52.1 Å². The maximum Gasteiger partial charge on any atom is 0.115 e. The van der Waals surface area contributed by atoms with Crippen molar-refractivity contribution in [1.82, 2.24) is 0 Å². The van der Waals surface area contributed by atoms with Crippen LogP contribution < -0.4 is 4.90 Å². The van der Waals surface area contributed by atoms with Gasteiger partial charge in [-0.15, -0.1) is 0 Å². The van der Waals surface area contributed by atoms with Crippen molar-refractivity contribution >= 4 is 38.9 Å². The number of halogens is 2. The van der Waals surface area contributed by atoms with Gasteiger partial charge in [-0.05, 0) is 66.6 Å². The summed E-state index contributed by atoms with van der Waals surface area (Å²) in [6, 6.07) is 21.6. The molecule has 1 heterocycles. The number of benzene rings is 3. The van der Waals surface area contributed by atoms with Gasteiger partial charge in [-0.2, -0.15) is 0 Å². The van der Waals surface area contributed by atoms with Gasteiger partial charge in [0.25, 0.3) is 0 Å². The zero-order valence-electron chi connectivity index (χ0n) is 15.4. The molecule has 0 aliphatic carbocycles. The van der Waals surface area contributed by atoms with E-state index in [4.69, 9.17) is 16.6 Å². The molecule has 0 saturated heterocycles. The second-order valence-electron chi connectivity index (χ2n) is 7.05. The Balaban J connectivity index is 1.80. The zero-order valence-corrected chi connectivity index (χ0v) is 17.8. The van der Waals surface area contributed by atoms with Gasteiger partial charge >= 0.3 is 0 Å². The first-order valence-corrected chi connectivity index (χ1v) is 10.3. The average Bonchev–Trinajstić information content (AvgIpc) is 2.79. The number of nitrogens with zero attached hydrogens (tertiary/aromatic N) is 2. The Morgan fingerprint density at radius 2 is 1.89 bits per heavy atom. The molecule has 1 N–H and O–H groups in total. The molecule has 5 heteroatoms. The lowest BCUT2D eigenvalue weighted by atomic mass is 10.00. The van der Waals surface area contributed by atoms with Crippen LogP contribution in [0.15, 0.2) is 76.2 Å². The molecular formula is C23H20BrClN2O. The number of anilines is 1. The van der Waals surface area contributed by atoms with Crippen LogP contribution in [-0.2, 0) is 6.42 Å². The molecule has 0 bridgehead atoms. The molecule has 0 aromatic heterocycles. The predicted octanol–water partition coefficient (Wildman–Crippen LogP) is 5.71. The monoisotopic (exact) mass is 454 g/mol. The summed E-state index contributed by atoms with van der Waals surface area (Å²) < 4.78 is 1.07. The number of rotatable bonds is 3. The van der Waals surface area contributed by atoms with E-state index in [-0.39, 0.29) is 11.8 Å². The van der Waals surface area contributed by atoms with Gasteiger partial charge in [-0.3, -0.25) is 4.99 Å². The number of phenols is 1. The Hall–Kier alpha value is -2.30. The van der Waals surface area contributed by atoms with Crippen LogP contribution in [-0.4, -0.2) is 30.5 Å². The Bertz CT molecular complexity index is 1030. The highest BCUT2D eigenvalue weighted by Gasteiger charge is 2.23. The van der Waals surface area contributed by atoms with Crippen molar-refractivity contribution in [3.8, 4) is 5.75 Å². The van der Waals surface area contributed by atoms with Crippen molar-refractivity contribution in [3.63, 3.8) is 0 Å². The number of aliphatic imine (C=N–C) groups is 1. The summed E-state index contributed by atoms with van der Waals surface area (Å²) >= 11 is 9.88. The van der Waals surface area contributed by atoms with Crippen LogP contribution in [0.3, 0.4) is 0 Å². The standard InChI is InChI=1S/C23H20BrClN2O/c1-27-14-19(12-15-3-2-4-17(24)11-15)26-23(16-5-8-20(28)9-6-16)21-13-18(25)7-10-22(21)27/h2-11,13,19,28H,12,14H2,1H3. The van der Waals surface area contributed by atoms with Crippen molar-refractivity contribution in [2.24, 2.45) is 4.99 Å². The van der Waals surface area contributed by atoms with E-state index in [0.29, 0.717) is 5.02 Å². The molecule has 3 aromatic carbocycles. The van der Waals surface area contributed by atoms with Crippen molar-refractivity contribution < 1.29 is 5.11 Å². The minimum atomic E-state index is 0.0919. The fourth-order valence-corrected chi connectivity index (χ4v) is 4.25. The Morgan fingerprint density at radius 3 is 2.64 bits per heavy atom. The van der Waals surface area contributed by atoms with E-state index in [1.54, 1.807) is 12.1 Å². The first-order chi connectivity index (χ1) is 13.5. The molecule has 3 aromatic rings. The number of hydrogen-bond acceptors (Lipinski definition) is 3. The number of fused-ring (bicyclic) bond motifs is 1. The normalized spacial score (nSPS) is 16.3. The van der Waals surface area contributed by atoms with Crippen molar-refractivity contribution in [2.45, 2.75) is 12.5 Å². The average molecular weight is 456 g/mol. The van der Waals surface area contributed by atoms with Gasteiger partial charge in [-0.25, -0.2) is 0 Å². The molecule has 1 aliphatic rings. The molecule has 0 radical (unpaired) electrons. The predicted molar refractivity (Wildman–Crippen MR) is 120 cm³/mol. The quantitative estimate of drug-likeness (QED) is 0.549. The first kappa shape index (κ1) is 19.0. The zero-order chi connectivity index (χ0) is 19.7. The van der Waals surface area contributed by atoms with Gasteiger partial charge in [0.05, 0.1) is 11.8 Å². The third-order valence-corrected chi connectivity index (χ3v) is 5.65. The lowest BCUT2D eigenvalue weighted by molar-refractivity contribution is 0.475. The third-order valence-electron chi connectivity index (χ3n) is 4.92. The topological polar surface area (TPSA) is 35.8 Å². The Labute approximate surface area is 178 Å². The van der Waals surface area contributed by atoms with Crippen LogP contribution in [0.5, 0.6) is 5.75 Å². The van der Waals surface area contributed by atoms with Gasteiger partial charge in [0.1, 0.15) is 5.75 Å². The van der Waals surface area contributed by atoms with Crippen molar-refractivity contribution in [3.05, 3.63) is 92.9 Å². The van der Waals surface area contributed by atoms with Gasteiger partial charge < -0.3 is 10.0 Å².